The first-order valence-corrected chi connectivity index (χ1v) is 10.8. The minimum absolute atomic E-state index is 0.0821. The van der Waals surface area contributed by atoms with E-state index < -0.39 is 6.04 Å². The minimum Gasteiger partial charge on any atom is -0.345 e. The van der Waals surface area contributed by atoms with Gasteiger partial charge in [-0.1, -0.05) is 84.9 Å². The van der Waals surface area contributed by atoms with Gasteiger partial charge in [-0.05, 0) is 42.0 Å². The van der Waals surface area contributed by atoms with Crippen molar-refractivity contribution in [1.29, 1.82) is 0 Å². The third-order valence-corrected chi connectivity index (χ3v) is 5.20. The van der Waals surface area contributed by atoms with Gasteiger partial charge in [-0.15, -0.1) is 0 Å². The molecule has 0 unspecified atom stereocenters. The number of hydrogen-bond donors (Lipinski definition) is 2. The molecule has 0 fully saturated rings. The summed E-state index contributed by atoms with van der Waals surface area (Å²) >= 11 is 0. The molecule has 0 bridgehead atoms. The molecule has 0 radical (unpaired) electrons. The van der Waals surface area contributed by atoms with Crippen LogP contribution in [0.15, 0.2) is 121 Å². The Labute approximate surface area is 193 Å². The van der Waals surface area contributed by atoms with Crippen LogP contribution < -0.4 is 15.8 Å². The number of carbonyl (C=O) groups is 2. The quantitative estimate of drug-likeness (QED) is 0.364. The molecular weight excluding hydrogens is 410 g/mol. The molecule has 0 aliphatic carbocycles. The van der Waals surface area contributed by atoms with Crippen LogP contribution in [-0.2, 0) is 4.79 Å². The smallest absolute Gasteiger partial charge is 0.251 e. The number of carbonyl (C=O) groups excluding carboxylic acids is 2. The van der Waals surface area contributed by atoms with Crippen molar-refractivity contribution >= 4 is 23.2 Å². The average Bonchev–Trinajstić information content (AvgIpc) is 2.89. The van der Waals surface area contributed by atoms with Gasteiger partial charge in [0.2, 0.25) is 5.91 Å². The summed E-state index contributed by atoms with van der Waals surface area (Å²) in [5.41, 5.74) is 6.09. The van der Waals surface area contributed by atoms with Gasteiger partial charge < -0.3 is 5.32 Å². The lowest BCUT2D eigenvalue weighted by Gasteiger charge is -2.27. The standard InChI is InChI=1S/C28H25N3O2/c32-27(30-31(24-17-9-3-10-18-24)25-19-11-4-12-20-25)21-26(22-13-5-1-6-14-22)29-28(33)23-15-7-2-8-16-23/h1-20,26H,21H2,(H,29,33)(H,30,32)/t26-/m0/s1. The number of rotatable bonds is 8. The molecule has 5 heteroatoms. The third kappa shape index (κ3) is 5.86. The highest BCUT2D eigenvalue weighted by molar-refractivity contribution is 5.94. The largest absolute Gasteiger partial charge is 0.345 e. The molecule has 0 saturated carbocycles. The summed E-state index contributed by atoms with van der Waals surface area (Å²) in [4.78, 5) is 26.0. The monoisotopic (exact) mass is 435 g/mol. The summed E-state index contributed by atoms with van der Waals surface area (Å²) in [6.45, 7) is 0. The van der Waals surface area contributed by atoms with Gasteiger partial charge in [0.05, 0.1) is 23.8 Å². The van der Waals surface area contributed by atoms with E-state index in [0.717, 1.165) is 16.9 Å². The van der Waals surface area contributed by atoms with Gasteiger partial charge in [0.25, 0.3) is 5.91 Å². The number of anilines is 2. The van der Waals surface area contributed by atoms with E-state index >= 15 is 0 Å². The molecule has 5 nitrogen and oxygen atoms in total. The highest BCUT2D eigenvalue weighted by Gasteiger charge is 2.21. The van der Waals surface area contributed by atoms with Crippen LogP contribution in [0.1, 0.15) is 28.4 Å². The molecule has 4 aromatic rings. The van der Waals surface area contributed by atoms with Gasteiger partial charge in [0.15, 0.2) is 0 Å². The van der Waals surface area contributed by atoms with E-state index in [9.17, 15) is 9.59 Å². The molecule has 33 heavy (non-hydrogen) atoms. The Morgan fingerprint density at radius 1 is 0.636 bits per heavy atom. The second-order valence-corrected chi connectivity index (χ2v) is 7.55. The molecule has 0 heterocycles. The molecule has 0 aliphatic rings. The van der Waals surface area contributed by atoms with Crippen molar-refractivity contribution in [3.63, 3.8) is 0 Å². The Hall–Kier alpha value is -4.38. The lowest BCUT2D eigenvalue weighted by molar-refractivity contribution is -0.121. The fourth-order valence-corrected chi connectivity index (χ4v) is 3.56. The third-order valence-electron chi connectivity index (χ3n) is 5.20. The summed E-state index contributed by atoms with van der Waals surface area (Å²) in [5, 5.41) is 4.77. The van der Waals surface area contributed by atoms with Crippen LogP contribution in [0.2, 0.25) is 0 Å². The number of para-hydroxylation sites is 2. The maximum absolute atomic E-state index is 13.2. The SMILES string of the molecule is O=C(C[C@H](NC(=O)c1ccccc1)c1ccccc1)NN(c1ccccc1)c1ccccc1. The van der Waals surface area contributed by atoms with Gasteiger partial charge in [-0.25, -0.2) is 0 Å². The number of nitrogens with one attached hydrogen (secondary N) is 2. The summed E-state index contributed by atoms with van der Waals surface area (Å²) < 4.78 is 0. The van der Waals surface area contributed by atoms with E-state index in [-0.39, 0.29) is 18.2 Å². The fraction of sp³-hybridized carbons (Fsp3) is 0.0714. The first-order chi connectivity index (χ1) is 16.2. The summed E-state index contributed by atoms with van der Waals surface area (Å²) in [6.07, 6.45) is 0.0821. The van der Waals surface area contributed by atoms with Crippen molar-refractivity contribution in [3.8, 4) is 0 Å². The molecule has 1 atom stereocenters. The fourth-order valence-electron chi connectivity index (χ4n) is 3.56. The van der Waals surface area contributed by atoms with Crippen LogP contribution in [0.25, 0.3) is 0 Å². The van der Waals surface area contributed by atoms with Gasteiger partial charge in [0.1, 0.15) is 0 Å². The number of amides is 2. The van der Waals surface area contributed by atoms with E-state index in [0.29, 0.717) is 5.56 Å². The van der Waals surface area contributed by atoms with Crippen molar-refractivity contribution < 1.29 is 9.59 Å². The lowest BCUT2D eigenvalue weighted by atomic mass is 10.0. The Bertz CT molecular complexity index is 1130. The zero-order chi connectivity index (χ0) is 22.9. The highest BCUT2D eigenvalue weighted by Crippen LogP contribution is 2.24. The first-order valence-electron chi connectivity index (χ1n) is 10.8. The van der Waals surface area contributed by atoms with Gasteiger partial charge in [0, 0.05) is 5.56 Å². The normalized spacial score (nSPS) is 11.3. The maximum atomic E-state index is 13.2. The maximum Gasteiger partial charge on any atom is 0.251 e. The van der Waals surface area contributed by atoms with Gasteiger partial charge in [-0.2, -0.15) is 0 Å². The second kappa shape index (κ2) is 10.8. The molecule has 4 aromatic carbocycles. The zero-order valence-corrected chi connectivity index (χ0v) is 18.1. The number of hydrogen-bond acceptors (Lipinski definition) is 3. The van der Waals surface area contributed by atoms with Crippen molar-refractivity contribution in [2.24, 2.45) is 0 Å². The van der Waals surface area contributed by atoms with Crippen LogP contribution in [0.3, 0.4) is 0 Å². The Morgan fingerprint density at radius 2 is 1.09 bits per heavy atom. The molecule has 0 saturated heterocycles. The lowest BCUT2D eigenvalue weighted by Crippen LogP contribution is -2.41. The van der Waals surface area contributed by atoms with Crippen molar-refractivity contribution in [1.82, 2.24) is 10.7 Å². The van der Waals surface area contributed by atoms with Crippen LogP contribution in [0, 0.1) is 0 Å². The number of benzene rings is 4. The predicted molar refractivity (Wildman–Crippen MR) is 131 cm³/mol. The number of nitrogens with zero attached hydrogens (tertiary/aromatic N) is 1. The molecule has 164 valence electrons. The Balaban J connectivity index is 1.55. The zero-order valence-electron chi connectivity index (χ0n) is 18.1. The van der Waals surface area contributed by atoms with Crippen LogP contribution in [0.5, 0.6) is 0 Å². The van der Waals surface area contributed by atoms with E-state index in [1.165, 1.54) is 0 Å². The van der Waals surface area contributed by atoms with Crippen molar-refractivity contribution in [3.05, 3.63) is 132 Å². The second-order valence-electron chi connectivity index (χ2n) is 7.55. The van der Waals surface area contributed by atoms with E-state index in [1.54, 1.807) is 17.1 Å². The topological polar surface area (TPSA) is 61.4 Å². The Morgan fingerprint density at radius 3 is 1.61 bits per heavy atom. The molecular formula is C28H25N3O2. The van der Waals surface area contributed by atoms with Crippen LogP contribution in [-0.4, -0.2) is 11.8 Å². The summed E-state index contributed by atoms with van der Waals surface area (Å²) in [5.74, 6) is -0.440. The highest BCUT2D eigenvalue weighted by atomic mass is 16.2. The molecule has 0 aromatic heterocycles. The van der Waals surface area contributed by atoms with Crippen molar-refractivity contribution in [2.45, 2.75) is 12.5 Å². The average molecular weight is 436 g/mol. The van der Waals surface area contributed by atoms with Gasteiger partial charge in [-0.3, -0.25) is 20.0 Å². The Kier molecular flexibility index (Phi) is 7.13. The van der Waals surface area contributed by atoms with Gasteiger partial charge >= 0.3 is 0 Å². The minimum atomic E-state index is -0.479. The predicted octanol–water partition coefficient (Wildman–Crippen LogP) is 5.42. The number of hydrazine groups is 1. The molecule has 2 amide bonds. The molecule has 0 spiro atoms. The first kappa shape index (κ1) is 21.8. The van der Waals surface area contributed by atoms with Crippen molar-refractivity contribution in [2.75, 3.05) is 5.01 Å². The van der Waals surface area contributed by atoms with Crippen LogP contribution >= 0.6 is 0 Å². The molecule has 4 rings (SSSR count). The summed E-state index contributed by atoms with van der Waals surface area (Å²) in [6, 6.07) is 37.3. The van der Waals surface area contributed by atoms with Crippen LogP contribution in [0.4, 0.5) is 11.4 Å². The molecule has 0 aliphatic heterocycles. The van der Waals surface area contributed by atoms with E-state index in [4.69, 9.17) is 0 Å². The molecule has 2 N–H and O–H groups in total. The van der Waals surface area contributed by atoms with E-state index in [2.05, 4.69) is 10.7 Å². The summed E-state index contributed by atoms with van der Waals surface area (Å²) in [7, 11) is 0. The van der Waals surface area contributed by atoms with E-state index in [1.807, 2.05) is 109 Å².